The van der Waals surface area contributed by atoms with Crippen LogP contribution in [0.1, 0.15) is 60.1 Å². The zero-order valence-electron chi connectivity index (χ0n) is 21.4. The Kier molecular flexibility index (Phi) is 6.87. The monoisotopic (exact) mass is 515 g/mol. The van der Waals surface area contributed by atoms with Gasteiger partial charge >= 0.3 is 11.7 Å². The van der Waals surface area contributed by atoms with Gasteiger partial charge in [0, 0.05) is 22.9 Å². The molecule has 3 aromatic rings. The van der Waals surface area contributed by atoms with Gasteiger partial charge in [-0.2, -0.15) is 4.98 Å². The molecule has 1 unspecified atom stereocenters. The summed E-state index contributed by atoms with van der Waals surface area (Å²) in [6, 6.07) is 16.1. The molecule has 1 amide bonds. The van der Waals surface area contributed by atoms with Gasteiger partial charge in [0.1, 0.15) is 11.6 Å². The van der Waals surface area contributed by atoms with Gasteiger partial charge in [-0.05, 0) is 56.5 Å². The van der Waals surface area contributed by atoms with Gasteiger partial charge < -0.3 is 14.8 Å². The van der Waals surface area contributed by atoms with E-state index in [9.17, 15) is 14.4 Å². The molecule has 10 heteroatoms. The minimum atomic E-state index is -0.593. The Morgan fingerprint density at radius 3 is 2.45 bits per heavy atom. The van der Waals surface area contributed by atoms with E-state index in [0.29, 0.717) is 34.0 Å². The molecule has 1 saturated carbocycles. The summed E-state index contributed by atoms with van der Waals surface area (Å²) in [5.74, 6) is -0.154. The van der Waals surface area contributed by atoms with Crippen LogP contribution in [0.2, 0.25) is 0 Å². The molecule has 1 fully saturated rings. The highest BCUT2D eigenvalue weighted by atomic mass is 16.5. The first kappa shape index (κ1) is 25.1. The third-order valence-corrected chi connectivity index (χ3v) is 6.64. The van der Waals surface area contributed by atoms with Crippen LogP contribution in [0.5, 0.6) is 5.75 Å². The summed E-state index contributed by atoms with van der Waals surface area (Å²) < 4.78 is 12.2. The number of hydrogen-bond acceptors (Lipinski definition) is 8. The van der Waals surface area contributed by atoms with Gasteiger partial charge in [-0.15, -0.1) is 0 Å². The number of anilines is 2. The fraction of sp³-hybridized carbons (Fsp3) is 0.286. The number of nitrogens with one attached hydrogen (secondary N) is 3. The van der Waals surface area contributed by atoms with Gasteiger partial charge in [0.2, 0.25) is 0 Å². The van der Waals surface area contributed by atoms with Crippen molar-refractivity contribution in [3.63, 3.8) is 0 Å². The van der Waals surface area contributed by atoms with Crippen LogP contribution in [0.3, 0.4) is 0 Å². The number of allylic oxidation sites excluding steroid dienone is 1. The molecule has 196 valence electrons. The van der Waals surface area contributed by atoms with Crippen LogP contribution in [-0.4, -0.2) is 35.1 Å². The molecule has 2 aliphatic rings. The van der Waals surface area contributed by atoms with Crippen LogP contribution in [0.4, 0.5) is 11.6 Å². The van der Waals surface area contributed by atoms with Crippen molar-refractivity contribution in [1.82, 2.24) is 15.0 Å². The number of esters is 1. The van der Waals surface area contributed by atoms with E-state index in [-0.39, 0.29) is 18.5 Å². The van der Waals surface area contributed by atoms with E-state index in [1.807, 2.05) is 30.3 Å². The molecule has 0 radical (unpaired) electrons. The topological polar surface area (TPSA) is 124 Å². The second kappa shape index (κ2) is 10.4. The van der Waals surface area contributed by atoms with Crippen molar-refractivity contribution in [2.24, 2.45) is 0 Å². The van der Waals surface area contributed by atoms with Crippen LogP contribution in [0.15, 0.2) is 70.7 Å². The molecule has 0 spiro atoms. The molecule has 1 atom stereocenters. The van der Waals surface area contributed by atoms with Crippen LogP contribution < -0.4 is 26.6 Å². The van der Waals surface area contributed by atoms with E-state index < -0.39 is 23.5 Å². The summed E-state index contributed by atoms with van der Waals surface area (Å²) in [5, 5.41) is 3.29. The average Bonchev–Trinajstić information content (AvgIpc) is 3.76. The van der Waals surface area contributed by atoms with Crippen molar-refractivity contribution in [3.8, 4) is 5.75 Å². The summed E-state index contributed by atoms with van der Waals surface area (Å²) in [6.07, 6.45) is 1.72. The zero-order valence-corrected chi connectivity index (χ0v) is 21.4. The standard InChI is InChI=1S/C28H29N5O5/c1-4-38-27(35)21-16(2)29-25-23(22(21)17-8-6-5-7-9-17)24(30-28(36)33(25)19-12-13-19)31-32-26(34)18-10-14-20(37-3)15-11-18/h5-11,14-15,19,22,29H,4,12-13H2,1-3H3,(H,32,34)(H,30,31,36). The fourth-order valence-corrected chi connectivity index (χ4v) is 4.71. The number of carbonyl (C=O) groups is 2. The van der Waals surface area contributed by atoms with Crippen LogP contribution in [-0.2, 0) is 9.53 Å². The highest BCUT2D eigenvalue weighted by molar-refractivity contribution is 5.96. The highest BCUT2D eigenvalue weighted by Crippen LogP contribution is 2.47. The number of nitrogens with zero attached hydrogens (tertiary/aromatic N) is 2. The molecule has 5 rings (SSSR count). The second-order valence-corrected chi connectivity index (χ2v) is 9.14. The van der Waals surface area contributed by atoms with Gasteiger partial charge in [0.25, 0.3) is 5.91 Å². The van der Waals surface area contributed by atoms with Crippen LogP contribution in [0, 0.1) is 0 Å². The first-order valence-corrected chi connectivity index (χ1v) is 12.5. The van der Waals surface area contributed by atoms with Crippen molar-refractivity contribution in [1.29, 1.82) is 0 Å². The van der Waals surface area contributed by atoms with Crippen molar-refractivity contribution in [3.05, 3.63) is 93.0 Å². The van der Waals surface area contributed by atoms with Crippen LogP contribution >= 0.6 is 0 Å². The Morgan fingerprint density at radius 2 is 1.82 bits per heavy atom. The Hall–Kier alpha value is -4.60. The second-order valence-electron chi connectivity index (χ2n) is 9.14. The van der Waals surface area contributed by atoms with Crippen LogP contribution in [0.25, 0.3) is 0 Å². The molecule has 0 bridgehead atoms. The maximum Gasteiger partial charge on any atom is 0.351 e. The van der Waals surface area contributed by atoms with E-state index >= 15 is 0 Å². The highest BCUT2D eigenvalue weighted by Gasteiger charge is 2.40. The van der Waals surface area contributed by atoms with Gasteiger partial charge in [-0.25, -0.2) is 9.59 Å². The van der Waals surface area contributed by atoms with Crippen molar-refractivity contribution in [2.75, 3.05) is 24.5 Å². The number of methoxy groups -OCH3 is 1. The van der Waals surface area contributed by atoms with E-state index in [2.05, 4.69) is 21.2 Å². The first-order chi connectivity index (χ1) is 18.4. The van der Waals surface area contributed by atoms with E-state index in [0.717, 1.165) is 18.4 Å². The smallest absolute Gasteiger partial charge is 0.351 e. The van der Waals surface area contributed by atoms with Gasteiger partial charge in [-0.1, -0.05) is 30.3 Å². The van der Waals surface area contributed by atoms with Gasteiger partial charge in [-0.3, -0.25) is 20.2 Å². The number of aromatic nitrogens is 2. The largest absolute Gasteiger partial charge is 0.497 e. The number of hydrazine groups is 1. The maximum atomic E-state index is 13.2. The Morgan fingerprint density at radius 1 is 1.11 bits per heavy atom. The lowest BCUT2D eigenvalue weighted by Gasteiger charge is -2.33. The lowest BCUT2D eigenvalue weighted by Crippen LogP contribution is -2.37. The fourth-order valence-electron chi connectivity index (χ4n) is 4.71. The summed E-state index contributed by atoms with van der Waals surface area (Å²) >= 11 is 0. The number of rotatable bonds is 8. The summed E-state index contributed by atoms with van der Waals surface area (Å²) in [7, 11) is 1.55. The zero-order chi connectivity index (χ0) is 26.8. The normalized spacial score (nSPS) is 16.2. The van der Waals surface area contributed by atoms with E-state index in [1.54, 1.807) is 49.8 Å². The quantitative estimate of drug-likeness (QED) is 0.306. The Bertz CT molecular complexity index is 1460. The van der Waals surface area contributed by atoms with Crippen molar-refractivity contribution >= 4 is 23.5 Å². The number of amides is 1. The number of benzene rings is 2. The summed E-state index contributed by atoms with van der Waals surface area (Å²) in [6.45, 7) is 3.77. The Balaban J connectivity index is 1.61. The molecule has 1 aliphatic heterocycles. The van der Waals surface area contributed by atoms with Gasteiger partial charge in [0.05, 0.1) is 25.2 Å². The lowest BCUT2D eigenvalue weighted by molar-refractivity contribution is -0.138. The predicted octanol–water partition coefficient (Wildman–Crippen LogP) is 3.74. The van der Waals surface area contributed by atoms with E-state index in [1.165, 1.54) is 0 Å². The van der Waals surface area contributed by atoms with Crippen molar-refractivity contribution < 1.29 is 19.1 Å². The number of carbonyl (C=O) groups excluding carboxylic acids is 2. The molecule has 3 N–H and O–H groups in total. The van der Waals surface area contributed by atoms with E-state index in [4.69, 9.17) is 9.47 Å². The molecule has 1 aromatic heterocycles. The summed E-state index contributed by atoms with van der Waals surface area (Å²) in [5.41, 5.74) is 7.86. The minimum absolute atomic E-state index is 0.0209. The summed E-state index contributed by atoms with van der Waals surface area (Å²) in [4.78, 5) is 43.6. The third kappa shape index (κ3) is 4.72. The van der Waals surface area contributed by atoms with Crippen molar-refractivity contribution in [2.45, 2.75) is 38.6 Å². The molecule has 0 saturated heterocycles. The lowest BCUT2D eigenvalue weighted by atomic mass is 9.82. The third-order valence-electron chi connectivity index (χ3n) is 6.64. The molecular formula is C28H29N5O5. The number of ether oxygens (including phenoxy) is 2. The van der Waals surface area contributed by atoms with Gasteiger partial charge in [0.15, 0.2) is 5.82 Å². The predicted molar refractivity (Wildman–Crippen MR) is 142 cm³/mol. The molecule has 38 heavy (non-hydrogen) atoms. The number of fused-ring (bicyclic) bond motifs is 1. The first-order valence-electron chi connectivity index (χ1n) is 12.5. The molecule has 2 aromatic carbocycles. The number of hydrogen-bond donors (Lipinski definition) is 3. The molecular weight excluding hydrogens is 486 g/mol. The molecule has 2 heterocycles. The SMILES string of the molecule is CCOC(=O)C1=C(C)Nc2c(c(NNC(=O)c3ccc(OC)cc3)nc(=O)n2C2CC2)C1c1ccccc1. The minimum Gasteiger partial charge on any atom is -0.497 e. The average molecular weight is 516 g/mol. The molecule has 1 aliphatic carbocycles. The Labute approximate surface area is 219 Å². The molecule has 10 nitrogen and oxygen atoms in total. The maximum absolute atomic E-state index is 13.2.